The van der Waals surface area contributed by atoms with E-state index in [2.05, 4.69) is 19.2 Å². The van der Waals surface area contributed by atoms with Crippen LogP contribution in [-0.2, 0) is 11.2 Å². The molecule has 0 aliphatic carbocycles. The van der Waals surface area contributed by atoms with Gasteiger partial charge in [-0.05, 0) is 37.5 Å². The Morgan fingerprint density at radius 3 is 2.52 bits per heavy atom. The first-order chi connectivity index (χ1) is 10.9. The van der Waals surface area contributed by atoms with Crippen molar-refractivity contribution in [1.29, 1.82) is 0 Å². The first-order valence-corrected chi connectivity index (χ1v) is 7.87. The predicted molar refractivity (Wildman–Crippen MR) is 90.9 cm³/mol. The summed E-state index contributed by atoms with van der Waals surface area (Å²) in [4.78, 5) is 23.6. The van der Waals surface area contributed by atoms with Gasteiger partial charge in [0.05, 0.1) is 5.56 Å². The maximum atomic E-state index is 12.2. The quantitative estimate of drug-likeness (QED) is 0.800. The van der Waals surface area contributed by atoms with Crippen LogP contribution in [0.5, 0.6) is 0 Å². The van der Waals surface area contributed by atoms with Gasteiger partial charge < -0.3 is 9.73 Å². The van der Waals surface area contributed by atoms with Gasteiger partial charge >= 0.3 is 0 Å². The van der Waals surface area contributed by atoms with Crippen molar-refractivity contribution in [3.63, 3.8) is 0 Å². The number of Topliss-reactive ketones (excluding diaryl/α,β-unsaturated/α-hetero) is 1. The minimum atomic E-state index is -0.0588. The lowest BCUT2D eigenvalue weighted by Gasteiger charge is -2.13. The lowest BCUT2D eigenvalue weighted by Crippen LogP contribution is -2.14. The molecular formula is C19H23NO3. The molecule has 0 aliphatic rings. The third-order valence-electron chi connectivity index (χ3n) is 3.80. The Kier molecular flexibility index (Phi) is 5.37. The van der Waals surface area contributed by atoms with E-state index in [1.165, 1.54) is 6.92 Å². The molecule has 23 heavy (non-hydrogen) atoms. The molecule has 4 nitrogen and oxygen atoms in total. The highest BCUT2D eigenvalue weighted by molar-refractivity contribution is 5.95. The van der Waals surface area contributed by atoms with Crippen molar-refractivity contribution >= 4 is 17.4 Å². The molecule has 4 heteroatoms. The van der Waals surface area contributed by atoms with Crippen molar-refractivity contribution in [2.75, 3.05) is 5.32 Å². The third-order valence-corrected chi connectivity index (χ3v) is 3.80. The summed E-state index contributed by atoms with van der Waals surface area (Å²) in [6, 6.07) is 9.55. The summed E-state index contributed by atoms with van der Waals surface area (Å²) >= 11 is 0. The molecule has 0 aliphatic heterocycles. The number of para-hydroxylation sites is 1. The van der Waals surface area contributed by atoms with Crippen LogP contribution in [0.4, 0.5) is 5.69 Å². The molecule has 0 bridgehead atoms. The van der Waals surface area contributed by atoms with Crippen LogP contribution in [0.15, 0.2) is 34.7 Å². The van der Waals surface area contributed by atoms with Crippen LogP contribution in [0.2, 0.25) is 0 Å². The fourth-order valence-corrected chi connectivity index (χ4v) is 2.58. The molecule has 0 atom stereocenters. The van der Waals surface area contributed by atoms with Crippen LogP contribution in [0.3, 0.4) is 0 Å². The third kappa shape index (κ3) is 4.31. The molecule has 2 aromatic rings. The summed E-state index contributed by atoms with van der Waals surface area (Å²) in [5, 5.41) is 2.96. The van der Waals surface area contributed by atoms with E-state index in [-0.39, 0.29) is 11.7 Å². The number of nitrogens with one attached hydrogen (secondary N) is 1. The fourth-order valence-electron chi connectivity index (χ4n) is 2.58. The highest BCUT2D eigenvalue weighted by atomic mass is 16.3. The van der Waals surface area contributed by atoms with Gasteiger partial charge in [-0.15, -0.1) is 0 Å². The van der Waals surface area contributed by atoms with Crippen LogP contribution >= 0.6 is 0 Å². The number of carbonyl (C=O) groups is 2. The highest BCUT2D eigenvalue weighted by Crippen LogP contribution is 2.24. The normalized spacial score (nSPS) is 10.8. The Morgan fingerprint density at radius 2 is 1.91 bits per heavy atom. The Morgan fingerprint density at radius 1 is 1.22 bits per heavy atom. The first kappa shape index (κ1) is 17.0. The summed E-state index contributed by atoms with van der Waals surface area (Å²) < 4.78 is 5.54. The van der Waals surface area contributed by atoms with Gasteiger partial charge in [-0.25, -0.2) is 0 Å². The second-order valence-electron chi connectivity index (χ2n) is 6.03. The van der Waals surface area contributed by atoms with Crippen LogP contribution in [0, 0.1) is 6.92 Å². The minimum Gasteiger partial charge on any atom is -0.466 e. The number of hydrogen-bond donors (Lipinski definition) is 1. The molecule has 0 fully saturated rings. The average Bonchev–Trinajstić information content (AvgIpc) is 2.87. The van der Waals surface area contributed by atoms with Crippen molar-refractivity contribution in [2.45, 2.75) is 46.5 Å². The molecule has 0 saturated heterocycles. The molecule has 1 heterocycles. The van der Waals surface area contributed by atoms with Crippen LogP contribution < -0.4 is 5.32 Å². The molecule has 0 saturated carbocycles. The van der Waals surface area contributed by atoms with Crippen LogP contribution in [0.1, 0.15) is 60.6 Å². The van der Waals surface area contributed by atoms with Gasteiger partial charge in [0.15, 0.2) is 5.78 Å². The topological polar surface area (TPSA) is 59.3 Å². The standard InChI is InChI=1S/C19H23NO3/c1-12(2)16-7-5-6-8-18(16)20-19(22)10-9-15-11-17(13(3)21)14(4)23-15/h5-8,11-12H,9-10H2,1-4H3,(H,20,22). The summed E-state index contributed by atoms with van der Waals surface area (Å²) in [6.07, 6.45) is 0.792. The van der Waals surface area contributed by atoms with E-state index >= 15 is 0 Å². The van der Waals surface area contributed by atoms with E-state index in [4.69, 9.17) is 4.42 Å². The summed E-state index contributed by atoms with van der Waals surface area (Å²) in [7, 11) is 0. The molecule has 0 radical (unpaired) electrons. The summed E-state index contributed by atoms with van der Waals surface area (Å²) in [5.41, 5.74) is 2.56. The van der Waals surface area contributed by atoms with Crippen molar-refractivity contribution in [3.8, 4) is 0 Å². The number of ketones is 1. The Labute approximate surface area is 136 Å². The Balaban J connectivity index is 1.98. The maximum absolute atomic E-state index is 12.2. The van der Waals surface area contributed by atoms with Crippen LogP contribution in [-0.4, -0.2) is 11.7 Å². The number of aryl methyl sites for hydroxylation is 2. The van der Waals surface area contributed by atoms with Gasteiger partial charge in [-0.3, -0.25) is 9.59 Å². The smallest absolute Gasteiger partial charge is 0.224 e. The minimum absolute atomic E-state index is 0.0205. The largest absolute Gasteiger partial charge is 0.466 e. The zero-order valence-electron chi connectivity index (χ0n) is 14.1. The number of furan rings is 1. The number of carbonyl (C=O) groups excluding carboxylic acids is 2. The van der Waals surface area contributed by atoms with Gasteiger partial charge in [-0.1, -0.05) is 32.0 Å². The second kappa shape index (κ2) is 7.27. The lowest BCUT2D eigenvalue weighted by molar-refractivity contribution is -0.116. The van der Waals surface area contributed by atoms with E-state index < -0.39 is 0 Å². The maximum Gasteiger partial charge on any atom is 0.224 e. The summed E-state index contributed by atoms with van der Waals surface area (Å²) in [5.74, 6) is 1.54. The van der Waals surface area contributed by atoms with Gasteiger partial charge in [0.25, 0.3) is 0 Å². The fraction of sp³-hybridized carbons (Fsp3) is 0.368. The Hall–Kier alpha value is -2.36. The average molecular weight is 313 g/mol. The number of hydrogen-bond acceptors (Lipinski definition) is 3. The monoisotopic (exact) mass is 313 g/mol. The predicted octanol–water partition coefficient (Wildman–Crippen LogP) is 4.49. The molecule has 0 spiro atoms. The van der Waals surface area contributed by atoms with Crippen molar-refractivity contribution in [2.24, 2.45) is 0 Å². The highest BCUT2D eigenvalue weighted by Gasteiger charge is 2.13. The van der Waals surface area contributed by atoms with E-state index in [9.17, 15) is 9.59 Å². The SMILES string of the molecule is CC(=O)c1cc(CCC(=O)Nc2ccccc2C(C)C)oc1C. The van der Waals surface area contributed by atoms with Crippen molar-refractivity contribution < 1.29 is 14.0 Å². The van der Waals surface area contributed by atoms with E-state index in [1.54, 1.807) is 13.0 Å². The number of rotatable bonds is 6. The Bertz CT molecular complexity index is 713. The van der Waals surface area contributed by atoms with Gasteiger partial charge in [-0.2, -0.15) is 0 Å². The van der Waals surface area contributed by atoms with Gasteiger partial charge in [0.2, 0.25) is 5.91 Å². The van der Waals surface area contributed by atoms with Gasteiger partial charge in [0.1, 0.15) is 11.5 Å². The molecular weight excluding hydrogens is 290 g/mol. The van der Waals surface area contributed by atoms with Gasteiger partial charge in [0, 0.05) is 18.5 Å². The number of anilines is 1. The molecule has 2 rings (SSSR count). The zero-order valence-corrected chi connectivity index (χ0v) is 14.1. The van der Waals surface area contributed by atoms with Crippen molar-refractivity contribution in [3.05, 3.63) is 53.0 Å². The second-order valence-corrected chi connectivity index (χ2v) is 6.03. The van der Waals surface area contributed by atoms with E-state index in [1.807, 2.05) is 24.3 Å². The molecule has 1 N–H and O–H groups in total. The molecule has 122 valence electrons. The van der Waals surface area contributed by atoms with E-state index in [0.29, 0.717) is 35.8 Å². The van der Waals surface area contributed by atoms with Crippen molar-refractivity contribution in [1.82, 2.24) is 0 Å². The molecule has 1 aromatic heterocycles. The van der Waals surface area contributed by atoms with Crippen LogP contribution in [0.25, 0.3) is 0 Å². The molecule has 1 amide bonds. The molecule has 1 aromatic carbocycles. The molecule has 0 unspecified atom stereocenters. The number of benzene rings is 1. The zero-order chi connectivity index (χ0) is 17.0. The summed E-state index contributed by atoms with van der Waals surface area (Å²) in [6.45, 7) is 7.47. The first-order valence-electron chi connectivity index (χ1n) is 7.87. The van der Waals surface area contributed by atoms with E-state index in [0.717, 1.165) is 11.3 Å². The number of amides is 1. The lowest BCUT2D eigenvalue weighted by atomic mass is 10.0.